The third kappa shape index (κ3) is 2.31. The number of aromatic nitrogens is 2. The maximum Gasteiger partial charge on any atom is 0.0681 e. The Bertz CT molecular complexity index is 541. The van der Waals surface area contributed by atoms with Gasteiger partial charge in [-0.2, -0.15) is 5.10 Å². The quantitative estimate of drug-likeness (QED) is 0.897. The van der Waals surface area contributed by atoms with E-state index in [-0.39, 0.29) is 0 Å². The zero-order chi connectivity index (χ0) is 13.1. The predicted octanol–water partition coefficient (Wildman–Crippen LogP) is 2.76. The molecular formula is C15H21N3. The molecule has 1 aromatic carbocycles. The molecule has 0 unspecified atom stereocenters. The molecule has 1 heterocycles. The van der Waals surface area contributed by atoms with Crippen LogP contribution in [0.15, 0.2) is 24.3 Å². The SMILES string of the molecule is CCc1cc(CC)n(-c2cc(CN)ccc2C)n1. The molecule has 3 nitrogen and oxygen atoms in total. The lowest BCUT2D eigenvalue weighted by Crippen LogP contribution is -2.06. The molecule has 0 aliphatic rings. The molecule has 0 fully saturated rings. The summed E-state index contributed by atoms with van der Waals surface area (Å²) in [6.07, 6.45) is 1.95. The van der Waals surface area contributed by atoms with Crippen LogP contribution >= 0.6 is 0 Å². The molecule has 0 aliphatic heterocycles. The van der Waals surface area contributed by atoms with Gasteiger partial charge in [0.05, 0.1) is 11.4 Å². The Kier molecular flexibility index (Phi) is 3.82. The molecule has 1 aromatic heterocycles. The summed E-state index contributed by atoms with van der Waals surface area (Å²) in [5, 5.41) is 4.68. The fourth-order valence-electron chi connectivity index (χ4n) is 2.12. The zero-order valence-electron chi connectivity index (χ0n) is 11.4. The van der Waals surface area contributed by atoms with Crippen molar-refractivity contribution in [2.45, 2.75) is 40.2 Å². The average molecular weight is 243 g/mol. The van der Waals surface area contributed by atoms with Crippen molar-refractivity contribution in [1.29, 1.82) is 0 Å². The minimum absolute atomic E-state index is 0.566. The van der Waals surface area contributed by atoms with Crippen LogP contribution in [-0.2, 0) is 19.4 Å². The van der Waals surface area contributed by atoms with Gasteiger partial charge >= 0.3 is 0 Å². The highest BCUT2D eigenvalue weighted by Crippen LogP contribution is 2.19. The summed E-state index contributed by atoms with van der Waals surface area (Å²) in [6, 6.07) is 8.52. The summed E-state index contributed by atoms with van der Waals surface area (Å²) in [6.45, 7) is 6.98. The first kappa shape index (κ1) is 12.8. The number of rotatable bonds is 4. The van der Waals surface area contributed by atoms with Gasteiger partial charge in [0.1, 0.15) is 0 Å². The standard InChI is InChI=1S/C15H21N3/c1-4-13-9-14(5-2)18(17-13)15-8-12(10-16)7-6-11(15)3/h6-9H,4-5,10,16H2,1-3H3. The van der Waals surface area contributed by atoms with Crippen LogP contribution in [0.5, 0.6) is 0 Å². The predicted molar refractivity (Wildman–Crippen MR) is 74.9 cm³/mol. The second-order valence-corrected chi connectivity index (χ2v) is 4.57. The molecule has 2 N–H and O–H groups in total. The third-order valence-electron chi connectivity index (χ3n) is 3.30. The third-order valence-corrected chi connectivity index (χ3v) is 3.30. The summed E-state index contributed by atoms with van der Waals surface area (Å²) < 4.78 is 2.06. The molecule has 3 heteroatoms. The first-order valence-electron chi connectivity index (χ1n) is 6.57. The number of nitrogens with two attached hydrogens (primary N) is 1. The second kappa shape index (κ2) is 5.36. The van der Waals surface area contributed by atoms with Gasteiger partial charge in [0.25, 0.3) is 0 Å². The molecule has 0 radical (unpaired) electrons. The maximum absolute atomic E-state index is 5.72. The van der Waals surface area contributed by atoms with E-state index in [0.29, 0.717) is 6.54 Å². The van der Waals surface area contributed by atoms with Crippen molar-refractivity contribution >= 4 is 0 Å². The summed E-state index contributed by atoms with van der Waals surface area (Å²) in [4.78, 5) is 0. The van der Waals surface area contributed by atoms with Crippen LogP contribution in [0.1, 0.15) is 36.4 Å². The average Bonchev–Trinajstić information content (AvgIpc) is 2.82. The Labute approximate surface area is 109 Å². The fraction of sp³-hybridized carbons (Fsp3) is 0.400. The van der Waals surface area contributed by atoms with Crippen LogP contribution in [0.25, 0.3) is 5.69 Å². The van der Waals surface area contributed by atoms with Crippen molar-refractivity contribution in [2.24, 2.45) is 5.73 Å². The van der Waals surface area contributed by atoms with Crippen molar-refractivity contribution in [3.05, 3.63) is 46.8 Å². The molecule has 96 valence electrons. The Balaban J connectivity index is 2.56. The second-order valence-electron chi connectivity index (χ2n) is 4.57. The monoisotopic (exact) mass is 243 g/mol. The summed E-state index contributed by atoms with van der Waals surface area (Å²) in [5.41, 5.74) is 11.6. The van der Waals surface area contributed by atoms with Crippen molar-refractivity contribution in [1.82, 2.24) is 9.78 Å². The molecule has 0 aliphatic carbocycles. The van der Waals surface area contributed by atoms with Crippen LogP contribution in [-0.4, -0.2) is 9.78 Å². The molecule has 0 amide bonds. The van der Waals surface area contributed by atoms with Gasteiger partial charge < -0.3 is 5.73 Å². The molecule has 2 aromatic rings. The van der Waals surface area contributed by atoms with E-state index >= 15 is 0 Å². The van der Waals surface area contributed by atoms with E-state index in [1.54, 1.807) is 0 Å². The van der Waals surface area contributed by atoms with Gasteiger partial charge in [-0.25, -0.2) is 4.68 Å². The molecule has 0 spiro atoms. The summed E-state index contributed by atoms with van der Waals surface area (Å²) in [7, 11) is 0. The van der Waals surface area contributed by atoms with E-state index in [9.17, 15) is 0 Å². The first-order valence-corrected chi connectivity index (χ1v) is 6.57. The molecule has 0 atom stereocenters. The van der Waals surface area contributed by atoms with Crippen molar-refractivity contribution in [3.8, 4) is 5.69 Å². The van der Waals surface area contributed by atoms with Gasteiger partial charge in [0.2, 0.25) is 0 Å². The zero-order valence-corrected chi connectivity index (χ0v) is 11.4. The normalized spacial score (nSPS) is 10.9. The van der Waals surface area contributed by atoms with Crippen molar-refractivity contribution < 1.29 is 0 Å². The van der Waals surface area contributed by atoms with Gasteiger partial charge in [-0.1, -0.05) is 26.0 Å². The minimum atomic E-state index is 0.566. The smallest absolute Gasteiger partial charge is 0.0681 e. The van der Waals surface area contributed by atoms with E-state index in [4.69, 9.17) is 5.73 Å². The number of benzene rings is 1. The van der Waals surface area contributed by atoms with Gasteiger partial charge in [0, 0.05) is 12.2 Å². The highest BCUT2D eigenvalue weighted by molar-refractivity contribution is 5.44. The van der Waals surface area contributed by atoms with Crippen LogP contribution in [0.2, 0.25) is 0 Å². The maximum atomic E-state index is 5.72. The van der Waals surface area contributed by atoms with Crippen LogP contribution < -0.4 is 5.73 Å². The van der Waals surface area contributed by atoms with Crippen LogP contribution in [0.3, 0.4) is 0 Å². The number of hydrogen-bond acceptors (Lipinski definition) is 2. The number of aryl methyl sites for hydroxylation is 3. The summed E-state index contributed by atoms with van der Waals surface area (Å²) >= 11 is 0. The summed E-state index contributed by atoms with van der Waals surface area (Å²) in [5.74, 6) is 0. The van der Waals surface area contributed by atoms with E-state index < -0.39 is 0 Å². The Morgan fingerprint density at radius 2 is 1.94 bits per heavy atom. The van der Waals surface area contributed by atoms with E-state index in [1.165, 1.54) is 11.3 Å². The van der Waals surface area contributed by atoms with E-state index in [2.05, 4.69) is 54.8 Å². The molecule has 0 saturated heterocycles. The Hall–Kier alpha value is -1.61. The topological polar surface area (TPSA) is 43.8 Å². The number of nitrogens with zero attached hydrogens (tertiary/aromatic N) is 2. The van der Waals surface area contributed by atoms with Crippen LogP contribution in [0, 0.1) is 6.92 Å². The largest absolute Gasteiger partial charge is 0.326 e. The molecule has 0 bridgehead atoms. The fourth-order valence-corrected chi connectivity index (χ4v) is 2.12. The van der Waals surface area contributed by atoms with E-state index in [1.807, 2.05) is 0 Å². The highest BCUT2D eigenvalue weighted by Gasteiger charge is 2.09. The van der Waals surface area contributed by atoms with Gasteiger partial charge in [-0.3, -0.25) is 0 Å². The van der Waals surface area contributed by atoms with Gasteiger partial charge in [-0.15, -0.1) is 0 Å². The lowest BCUT2D eigenvalue weighted by atomic mass is 10.1. The van der Waals surface area contributed by atoms with Gasteiger partial charge in [0.15, 0.2) is 0 Å². The van der Waals surface area contributed by atoms with Crippen LogP contribution in [0.4, 0.5) is 0 Å². The Morgan fingerprint density at radius 1 is 1.17 bits per heavy atom. The lowest BCUT2D eigenvalue weighted by molar-refractivity contribution is 0.787. The van der Waals surface area contributed by atoms with Crippen molar-refractivity contribution in [2.75, 3.05) is 0 Å². The highest BCUT2D eigenvalue weighted by atomic mass is 15.3. The minimum Gasteiger partial charge on any atom is -0.326 e. The van der Waals surface area contributed by atoms with Gasteiger partial charge in [-0.05, 0) is 43.0 Å². The first-order chi connectivity index (χ1) is 8.69. The molecule has 0 saturated carbocycles. The Morgan fingerprint density at radius 3 is 2.56 bits per heavy atom. The molecule has 2 rings (SSSR count). The lowest BCUT2D eigenvalue weighted by Gasteiger charge is -2.11. The molecule has 18 heavy (non-hydrogen) atoms. The number of hydrogen-bond donors (Lipinski definition) is 1. The van der Waals surface area contributed by atoms with Crippen molar-refractivity contribution in [3.63, 3.8) is 0 Å². The van der Waals surface area contributed by atoms with E-state index in [0.717, 1.165) is 29.8 Å². The molecular weight excluding hydrogens is 222 g/mol.